The van der Waals surface area contributed by atoms with Crippen molar-refractivity contribution in [1.29, 1.82) is 0 Å². The number of hydrazine groups is 2. The molecule has 0 unspecified atom stereocenters. The molecule has 0 radical (unpaired) electrons. The fourth-order valence-electron chi connectivity index (χ4n) is 0.397. The molecule has 0 aliphatic heterocycles. The minimum Gasteiger partial charge on any atom is -0.299 e. The van der Waals surface area contributed by atoms with Crippen LogP contribution in [0, 0.1) is 0 Å². The lowest BCUT2D eigenvalue weighted by Gasteiger charge is -1.92. The Balaban J connectivity index is 2.86. The molecule has 0 aliphatic rings. The third kappa shape index (κ3) is 7.39. The Morgan fingerprint density at radius 2 is 2.44 bits per heavy atom. The van der Waals surface area contributed by atoms with Crippen molar-refractivity contribution in [3.05, 3.63) is 0 Å². The predicted octanol–water partition coefficient (Wildman–Crippen LogP) is -0.217. The average Bonchev–Trinajstić information content (AvgIpc) is 1.89. The van der Waals surface area contributed by atoms with Gasteiger partial charge in [0, 0.05) is 6.54 Å². The molecule has 9 heavy (non-hydrogen) atoms. The Bertz CT molecular complexity index is 71.4. The van der Waals surface area contributed by atoms with Crippen molar-refractivity contribution >= 4 is 6.34 Å². The van der Waals surface area contributed by atoms with Gasteiger partial charge in [0.25, 0.3) is 0 Å². The number of nitrogens with zero attached hydrogens (tertiary/aromatic N) is 1. The maximum atomic E-state index is 4.89. The normalized spacial score (nSPS) is 10.4. The molecule has 4 heteroatoms. The molecule has 0 rings (SSSR count). The Morgan fingerprint density at radius 3 is 3.00 bits per heavy atom. The van der Waals surface area contributed by atoms with Crippen molar-refractivity contribution in [3.8, 4) is 0 Å². The molecule has 0 amide bonds. The van der Waals surface area contributed by atoms with Crippen molar-refractivity contribution in [1.82, 2.24) is 11.0 Å². The first kappa shape index (κ1) is 8.39. The van der Waals surface area contributed by atoms with Crippen LogP contribution in [0.2, 0.25) is 0 Å². The summed E-state index contributed by atoms with van der Waals surface area (Å²) >= 11 is 0. The van der Waals surface area contributed by atoms with E-state index in [1.54, 1.807) is 6.34 Å². The Labute approximate surface area is 55.5 Å². The molecule has 4 N–H and O–H groups in total. The standard InChI is InChI=1S/C5H14N4/c1-2-3-4-7-5-8-9-6/h5,9H,2-4,6H2,1H3,(H,7,8). The molecule has 0 saturated heterocycles. The first-order valence-electron chi connectivity index (χ1n) is 3.11. The second-order valence-corrected chi connectivity index (χ2v) is 1.68. The average molecular weight is 130 g/mol. The first-order valence-corrected chi connectivity index (χ1v) is 3.11. The van der Waals surface area contributed by atoms with E-state index in [4.69, 9.17) is 5.84 Å². The number of rotatable bonds is 5. The SMILES string of the molecule is CCCCN=CNNN. The summed E-state index contributed by atoms with van der Waals surface area (Å²) in [4.78, 5) is 3.97. The fraction of sp³-hybridized carbons (Fsp3) is 0.800. The highest BCUT2D eigenvalue weighted by atomic mass is 15.5. The predicted molar refractivity (Wildman–Crippen MR) is 38.7 cm³/mol. The molecule has 0 heterocycles. The quantitative estimate of drug-likeness (QED) is 0.158. The van der Waals surface area contributed by atoms with Gasteiger partial charge in [0.05, 0.1) is 6.34 Å². The number of nitrogens with two attached hydrogens (primary N) is 1. The van der Waals surface area contributed by atoms with E-state index in [0.717, 1.165) is 13.0 Å². The number of nitrogens with one attached hydrogen (secondary N) is 2. The molecule has 0 spiro atoms. The second kappa shape index (κ2) is 7.39. The smallest absolute Gasteiger partial charge is 0.0976 e. The van der Waals surface area contributed by atoms with Gasteiger partial charge in [0.1, 0.15) is 0 Å². The molecule has 0 aromatic rings. The van der Waals surface area contributed by atoms with E-state index in [1.165, 1.54) is 6.42 Å². The van der Waals surface area contributed by atoms with Gasteiger partial charge in [-0.2, -0.15) is 5.53 Å². The van der Waals surface area contributed by atoms with Crippen molar-refractivity contribution in [2.75, 3.05) is 6.54 Å². The molecule has 0 aromatic heterocycles. The summed E-state index contributed by atoms with van der Waals surface area (Å²) in [5.74, 6) is 4.89. The summed E-state index contributed by atoms with van der Waals surface area (Å²) in [7, 11) is 0. The minimum absolute atomic E-state index is 0.866. The Morgan fingerprint density at radius 1 is 1.67 bits per heavy atom. The highest BCUT2D eigenvalue weighted by Crippen LogP contribution is 1.83. The van der Waals surface area contributed by atoms with Gasteiger partial charge in [-0.05, 0) is 6.42 Å². The van der Waals surface area contributed by atoms with Crippen LogP contribution in [-0.2, 0) is 0 Å². The maximum absolute atomic E-state index is 4.89. The summed E-state index contributed by atoms with van der Waals surface area (Å²) in [5, 5.41) is 0. The van der Waals surface area contributed by atoms with Crippen molar-refractivity contribution in [2.45, 2.75) is 19.8 Å². The van der Waals surface area contributed by atoms with Crippen molar-refractivity contribution in [2.24, 2.45) is 10.8 Å². The van der Waals surface area contributed by atoms with Crippen molar-refractivity contribution in [3.63, 3.8) is 0 Å². The van der Waals surface area contributed by atoms with Gasteiger partial charge in [-0.15, -0.1) is 0 Å². The van der Waals surface area contributed by atoms with Gasteiger partial charge >= 0.3 is 0 Å². The second-order valence-electron chi connectivity index (χ2n) is 1.68. The molecule has 0 fully saturated rings. The van der Waals surface area contributed by atoms with Crippen LogP contribution in [-0.4, -0.2) is 12.9 Å². The summed E-state index contributed by atoms with van der Waals surface area (Å²) in [6.07, 6.45) is 3.85. The van der Waals surface area contributed by atoms with Gasteiger partial charge in [-0.3, -0.25) is 16.3 Å². The first-order chi connectivity index (χ1) is 4.41. The monoisotopic (exact) mass is 130 g/mol. The summed E-state index contributed by atoms with van der Waals surface area (Å²) in [6, 6.07) is 0. The largest absolute Gasteiger partial charge is 0.299 e. The van der Waals surface area contributed by atoms with E-state index in [9.17, 15) is 0 Å². The van der Waals surface area contributed by atoms with Crippen LogP contribution in [0.5, 0.6) is 0 Å². The van der Waals surface area contributed by atoms with Crippen molar-refractivity contribution < 1.29 is 0 Å². The zero-order valence-corrected chi connectivity index (χ0v) is 5.72. The highest BCUT2D eigenvalue weighted by Gasteiger charge is 1.75. The number of aliphatic imine (C=N–C) groups is 1. The van der Waals surface area contributed by atoms with Crippen LogP contribution in [0.4, 0.5) is 0 Å². The van der Waals surface area contributed by atoms with Crippen LogP contribution in [0.25, 0.3) is 0 Å². The number of hydrogen-bond acceptors (Lipinski definition) is 3. The van der Waals surface area contributed by atoms with E-state index in [1.807, 2.05) is 0 Å². The van der Waals surface area contributed by atoms with E-state index >= 15 is 0 Å². The van der Waals surface area contributed by atoms with Crippen LogP contribution in [0.3, 0.4) is 0 Å². The molecule has 0 bridgehead atoms. The topological polar surface area (TPSA) is 62.4 Å². The zero-order chi connectivity index (χ0) is 6.95. The molecule has 0 atom stereocenters. The molecular weight excluding hydrogens is 116 g/mol. The molecule has 0 aliphatic carbocycles. The molecule has 4 nitrogen and oxygen atoms in total. The zero-order valence-electron chi connectivity index (χ0n) is 5.72. The highest BCUT2D eigenvalue weighted by molar-refractivity contribution is 5.53. The minimum atomic E-state index is 0.866. The van der Waals surface area contributed by atoms with Crippen LogP contribution >= 0.6 is 0 Å². The molecular formula is C5H14N4. The summed E-state index contributed by atoms with van der Waals surface area (Å²) in [6.45, 7) is 3.00. The summed E-state index contributed by atoms with van der Waals surface area (Å²) < 4.78 is 0. The van der Waals surface area contributed by atoms with Gasteiger partial charge in [0.2, 0.25) is 0 Å². The van der Waals surface area contributed by atoms with E-state index in [-0.39, 0.29) is 0 Å². The van der Waals surface area contributed by atoms with Crippen LogP contribution in [0.15, 0.2) is 4.99 Å². The van der Waals surface area contributed by atoms with E-state index < -0.39 is 0 Å². The lowest BCUT2D eigenvalue weighted by atomic mass is 10.3. The van der Waals surface area contributed by atoms with E-state index in [2.05, 4.69) is 22.9 Å². The molecule has 0 saturated carbocycles. The van der Waals surface area contributed by atoms with E-state index in [0.29, 0.717) is 0 Å². The van der Waals surface area contributed by atoms with Gasteiger partial charge in [-0.25, -0.2) is 0 Å². The maximum Gasteiger partial charge on any atom is 0.0976 e. The summed E-state index contributed by atoms with van der Waals surface area (Å²) in [5.41, 5.74) is 4.79. The van der Waals surface area contributed by atoms with Gasteiger partial charge < -0.3 is 0 Å². The number of unbranched alkanes of at least 4 members (excludes halogenated alkanes) is 1. The third-order valence-electron chi connectivity index (χ3n) is 0.880. The Kier molecular flexibility index (Phi) is 6.89. The number of hydrogen-bond donors (Lipinski definition) is 3. The molecule has 0 aromatic carbocycles. The third-order valence-corrected chi connectivity index (χ3v) is 0.880. The molecule has 54 valence electrons. The lowest BCUT2D eigenvalue weighted by molar-refractivity contribution is 0.700. The van der Waals surface area contributed by atoms with Gasteiger partial charge in [0.15, 0.2) is 0 Å². The fourth-order valence-corrected chi connectivity index (χ4v) is 0.397. The lowest BCUT2D eigenvalue weighted by Crippen LogP contribution is -2.36. The van der Waals surface area contributed by atoms with Gasteiger partial charge in [-0.1, -0.05) is 13.3 Å². The van der Waals surface area contributed by atoms with Crippen LogP contribution < -0.4 is 16.8 Å². The van der Waals surface area contributed by atoms with Crippen LogP contribution in [0.1, 0.15) is 19.8 Å². The Hall–Kier alpha value is -0.610.